The van der Waals surface area contributed by atoms with Crippen molar-refractivity contribution >= 4 is 0 Å². The molecular weight excluding hydrogens is 190 g/mol. The quantitative estimate of drug-likeness (QED) is 0.795. The maximum atomic E-state index is 5.49. The average Bonchev–Trinajstić information content (AvgIpc) is 2.55. The van der Waals surface area contributed by atoms with E-state index in [0.29, 0.717) is 6.04 Å². The van der Waals surface area contributed by atoms with E-state index in [9.17, 15) is 0 Å². The second kappa shape index (κ2) is 4.33. The van der Waals surface area contributed by atoms with E-state index < -0.39 is 0 Å². The minimum Gasteiger partial charge on any atom is -0.378 e. The van der Waals surface area contributed by atoms with Crippen molar-refractivity contribution in [2.45, 2.75) is 33.4 Å². The van der Waals surface area contributed by atoms with Crippen LogP contribution >= 0.6 is 0 Å². The summed E-state index contributed by atoms with van der Waals surface area (Å²) in [5.74, 6) is 0. The molecule has 0 aliphatic carbocycles. The third kappa shape index (κ3) is 1.92. The van der Waals surface area contributed by atoms with Crippen molar-refractivity contribution in [3.8, 4) is 0 Å². The standard InChI is InChI=1S/C11H19N3O/c1-4-14-9(3)11(8(2)13-14)10-7-15-6-5-12-10/h10,12H,4-7H2,1-3H3. The molecule has 0 spiro atoms. The maximum absolute atomic E-state index is 5.49. The van der Waals surface area contributed by atoms with Gasteiger partial charge in [0, 0.05) is 24.3 Å². The molecule has 0 aromatic carbocycles. The molecule has 0 saturated carbocycles. The van der Waals surface area contributed by atoms with Gasteiger partial charge >= 0.3 is 0 Å². The lowest BCUT2D eigenvalue weighted by Gasteiger charge is -2.24. The number of aromatic nitrogens is 2. The van der Waals surface area contributed by atoms with Gasteiger partial charge in [-0.25, -0.2) is 0 Å². The molecule has 1 aliphatic heterocycles. The second-order valence-corrected chi connectivity index (χ2v) is 3.98. The monoisotopic (exact) mass is 209 g/mol. The Bertz CT molecular complexity index is 340. The van der Waals surface area contributed by atoms with Crippen LogP contribution in [0.15, 0.2) is 0 Å². The van der Waals surface area contributed by atoms with Gasteiger partial charge in [-0.2, -0.15) is 5.10 Å². The van der Waals surface area contributed by atoms with Crippen LogP contribution in [-0.2, 0) is 11.3 Å². The van der Waals surface area contributed by atoms with Gasteiger partial charge in [0.15, 0.2) is 0 Å². The van der Waals surface area contributed by atoms with Crippen LogP contribution in [0.2, 0.25) is 0 Å². The van der Waals surface area contributed by atoms with Crippen LogP contribution in [0.25, 0.3) is 0 Å². The first-order valence-corrected chi connectivity index (χ1v) is 5.59. The van der Waals surface area contributed by atoms with E-state index in [1.165, 1.54) is 11.3 Å². The summed E-state index contributed by atoms with van der Waals surface area (Å²) < 4.78 is 7.55. The van der Waals surface area contributed by atoms with Crippen molar-refractivity contribution in [3.05, 3.63) is 17.0 Å². The molecule has 15 heavy (non-hydrogen) atoms. The van der Waals surface area contributed by atoms with Crippen molar-refractivity contribution in [2.75, 3.05) is 19.8 Å². The maximum Gasteiger partial charge on any atom is 0.0663 e. The smallest absolute Gasteiger partial charge is 0.0663 e. The molecule has 0 bridgehead atoms. The van der Waals surface area contributed by atoms with Crippen LogP contribution in [0.5, 0.6) is 0 Å². The van der Waals surface area contributed by atoms with E-state index >= 15 is 0 Å². The average molecular weight is 209 g/mol. The minimum atomic E-state index is 0.319. The van der Waals surface area contributed by atoms with Gasteiger partial charge in [-0.05, 0) is 20.8 Å². The van der Waals surface area contributed by atoms with Gasteiger partial charge in [0.25, 0.3) is 0 Å². The van der Waals surface area contributed by atoms with Crippen LogP contribution < -0.4 is 5.32 Å². The van der Waals surface area contributed by atoms with E-state index in [0.717, 1.165) is 32.0 Å². The molecule has 4 nitrogen and oxygen atoms in total. The highest BCUT2D eigenvalue weighted by Gasteiger charge is 2.22. The third-order valence-corrected chi connectivity index (χ3v) is 3.01. The Kier molecular flexibility index (Phi) is 3.07. The Morgan fingerprint density at radius 1 is 1.53 bits per heavy atom. The predicted octanol–water partition coefficient (Wildman–Crippen LogP) is 1.18. The molecule has 1 saturated heterocycles. The van der Waals surface area contributed by atoms with Crippen LogP contribution in [0.4, 0.5) is 0 Å². The molecule has 0 radical (unpaired) electrons. The van der Waals surface area contributed by atoms with Gasteiger partial charge < -0.3 is 10.1 Å². The highest BCUT2D eigenvalue weighted by atomic mass is 16.5. The second-order valence-electron chi connectivity index (χ2n) is 3.98. The van der Waals surface area contributed by atoms with E-state index in [-0.39, 0.29) is 0 Å². The summed E-state index contributed by atoms with van der Waals surface area (Å²) in [4.78, 5) is 0. The first-order valence-electron chi connectivity index (χ1n) is 5.59. The Labute approximate surface area is 90.6 Å². The number of nitrogens with one attached hydrogen (secondary N) is 1. The van der Waals surface area contributed by atoms with E-state index in [2.05, 4.69) is 35.9 Å². The van der Waals surface area contributed by atoms with Crippen molar-refractivity contribution < 1.29 is 4.74 Å². The first kappa shape index (κ1) is 10.6. The van der Waals surface area contributed by atoms with Crippen LogP contribution in [0.3, 0.4) is 0 Å². The Morgan fingerprint density at radius 3 is 2.87 bits per heavy atom. The molecule has 4 heteroatoms. The zero-order chi connectivity index (χ0) is 10.8. The lowest BCUT2D eigenvalue weighted by atomic mass is 10.0. The molecule has 84 valence electrons. The Hall–Kier alpha value is -0.870. The van der Waals surface area contributed by atoms with Gasteiger partial charge in [0.1, 0.15) is 0 Å². The van der Waals surface area contributed by atoms with Gasteiger partial charge in [0.05, 0.1) is 24.9 Å². The van der Waals surface area contributed by atoms with Crippen molar-refractivity contribution in [1.29, 1.82) is 0 Å². The first-order chi connectivity index (χ1) is 7.24. The van der Waals surface area contributed by atoms with Crippen molar-refractivity contribution in [3.63, 3.8) is 0 Å². The summed E-state index contributed by atoms with van der Waals surface area (Å²) in [6.07, 6.45) is 0. The number of morpholine rings is 1. The molecule has 1 unspecified atom stereocenters. The summed E-state index contributed by atoms with van der Waals surface area (Å²) >= 11 is 0. The predicted molar refractivity (Wildman–Crippen MR) is 58.9 cm³/mol. The van der Waals surface area contributed by atoms with Gasteiger partial charge in [0.2, 0.25) is 0 Å². The van der Waals surface area contributed by atoms with Gasteiger partial charge in [-0.1, -0.05) is 0 Å². The summed E-state index contributed by atoms with van der Waals surface area (Å²) in [6.45, 7) is 9.77. The number of hydrogen-bond donors (Lipinski definition) is 1. The van der Waals surface area contributed by atoms with Crippen molar-refractivity contribution in [1.82, 2.24) is 15.1 Å². The zero-order valence-electron chi connectivity index (χ0n) is 9.71. The van der Waals surface area contributed by atoms with Crippen LogP contribution in [0, 0.1) is 13.8 Å². The summed E-state index contributed by atoms with van der Waals surface area (Å²) in [6, 6.07) is 0.319. The fourth-order valence-electron chi connectivity index (χ4n) is 2.27. The molecule has 1 aliphatic rings. The fourth-order valence-corrected chi connectivity index (χ4v) is 2.27. The largest absolute Gasteiger partial charge is 0.378 e. The highest BCUT2D eigenvalue weighted by Crippen LogP contribution is 2.23. The lowest BCUT2D eigenvalue weighted by Crippen LogP contribution is -2.35. The van der Waals surface area contributed by atoms with Crippen LogP contribution in [-0.4, -0.2) is 29.5 Å². The molecule has 1 aromatic rings. The Morgan fingerprint density at radius 2 is 2.33 bits per heavy atom. The summed E-state index contributed by atoms with van der Waals surface area (Å²) in [7, 11) is 0. The number of aryl methyl sites for hydroxylation is 2. The van der Waals surface area contributed by atoms with Gasteiger partial charge in [-0.3, -0.25) is 4.68 Å². The molecule has 2 heterocycles. The summed E-state index contributed by atoms with van der Waals surface area (Å²) in [5.41, 5.74) is 3.70. The normalized spacial score (nSPS) is 21.9. The molecule has 1 atom stereocenters. The highest BCUT2D eigenvalue weighted by molar-refractivity contribution is 5.28. The van der Waals surface area contributed by atoms with Crippen LogP contribution in [0.1, 0.15) is 29.9 Å². The lowest BCUT2D eigenvalue weighted by molar-refractivity contribution is 0.0764. The fraction of sp³-hybridized carbons (Fsp3) is 0.727. The van der Waals surface area contributed by atoms with Gasteiger partial charge in [-0.15, -0.1) is 0 Å². The summed E-state index contributed by atoms with van der Waals surface area (Å²) in [5, 5.41) is 8.00. The van der Waals surface area contributed by atoms with E-state index in [1.807, 2.05) is 0 Å². The SMILES string of the molecule is CCn1nc(C)c(C2COCCN2)c1C. The van der Waals surface area contributed by atoms with E-state index in [1.54, 1.807) is 0 Å². The Balaban J connectivity index is 2.29. The zero-order valence-corrected chi connectivity index (χ0v) is 9.71. The number of hydrogen-bond acceptors (Lipinski definition) is 3. The molecular formula is C11H19N3O. The number of ether oxygens (including phenoxy) is 1. The minimum absolute atomic E-state index is 0.319. The van der Waals surface area contributed by atoms with Crippen molar-refractivity contribution in [2.24, 2.45) is 0 Å². The van der Waals surface area contributed by atoms with E-state index in [4.69, 9.17) is 4.74 Å². The molecule has 1 N–H and O–H groups in total. The molecule has 0 amide bonds. The molecule has 1 fully saturated rings. The third-order valence-electron chi connectivity index (χ3n) is 3.01. The molecule has 1 aromatic heterocycles. The molecule has 2 rings (SSSR count). The number of nitrogens with zero attached hydrogens (tertiary/aromatic N) is 2. The number of rotatable bonds is 2. The topological polar surface area (TPSA) is 39.1 Å².